The van der Waals surface area contributed by atoms with E-state index in [1.54, 1.807) is 29.5 Å². The second-order valence-electron chi connectivity index (χ2n) is 11.8. The first-order valence-electron chi connectivity index (χ1n) is 15.3. The summed E-state index contributed by atoms with van der Waals surface area (Å²) in [4.78, 5) is 72.4. The SMILES string of the molecule is C.C.C.CC(C)n1ccc(=O)[nH]c1=O.CC(C)n1ccc(N)nc1=O.CC(C)n1cnc2c(=O)[nH]c(N)nc21.CC(C)n1cnc2c(N)ncnc21. The zero-order valence-corrected chi connectivity index (χ0v) is 28.7. The number of nitrogen functional groups attached to an aromatic ring is 3. The molecule has 0 radical (unpaired) electrons. The van der Waals surface area contributed by atoms with Crippen molar-refractivity contribution >= 4 is 39.9 Å². The van der Waals surface area contributed by atoms with Crippen LogP contribution in [0.5, 0.6) is 0 Å². The molecule has 0 bridgehead atoms. The molecule has 0 amide bonds. The number of hydrogen-bond donors (Lipinski definition) is 5. The fraction of sp³-hybridized carbons (Fsp3) is 0.455. The van der Waals surface area contributed by atoms with Crippen molar-refractivity contribution in [2.45, 2.75) is 102 Å². The topological polar surface area (TPSA) is 275 Å². The van der Waals surface area contributed by atoms with Crippen LogP contribution in [0.2, 0.25) is 0 Å². The zero-order chi connectivity index (χ0) is 36.6. The Labute approximate surface area is 302 Å². The molecule has 0 aliphatic heterocycles. The number of aromatic amines is 2. The molecule has 6 aromatic heterocycles. The fourth-order valence-corrected chi connectivity index (χ4v) is 4.22. The Morgan fingerprint density at radius 2 is 1.12 bits per heavy atom. The van der Waals surface area contributed by atoms with Gasteiger partial charge in [0.25, 0.3) is 11.1 Å². The van der Waals surface area contributed by atoms with Gasteiger partial charge in [-0.3, -0.25) is 28.7 Å². The third kappa shape index (κ3) is 11.5. The van der Waals surface area contributed by atoms with Gasteiger partial charge in [0.2, 0.25) is 5.95 Å². The first kappa shape index (κ1) is 45.9. The Morgan fingerprint density at radius 3 is 1.63 bits per heavy atom. The maximum Gasteiger partial charge on any atom is 0.349 e. The molecule has 0 saturated carbocycles. The van der Waals surface area contributed by atoms with Crippen molar-refractivity contribution in [3.63, 3.8) is 0 Å². The van der Waals surface area contributed by atoms with E-state index in [9.17, 15) is 19.2 Å². The molecule has 0 spiro atoms. The van der Waals surface area contributed by atoms with Crippen LogP contribution < -0.4 is 39.7 Å². The average Bonchev–Trinajstić information content (AvgIpc) is 3.64. The van der Waals surface area contributed by atoms with Gasteiger partial charge in [0.15, 0.2) is 22.6 Å². The van der Waals surface area contributed by atoms with Crippen LogP contribution in [0.1, 0.15) is 102 Å². The van der Waals surface area contributed by atoms with Gasteiger partial charge in [-0.2, -0.15) is 9.97 Å². The van der Waals surface area contributed by atoms with Crippen LogP contribution in [0.15, 0.2) is 62.7 Å². The summed E-state index contributed by atoms with van der Waals surface area (Å²) in [6.45, 7) is 15.7. The van der Waals surface area contributed by atoms with E-state index in [0.29, 0.717) is 28.5 Å². The molecule has 0 fully saturated rings. The summed E-state index contributed by atoms with van der Waals surface area (Å²) in [6.07, 6.45) is 7.93. The number of imidazole rings is 2. The number of nitrogens with two attached hydrogens (primary N) is 3. The van der Waals surface area contributed by atoms with Crippen molar-refractivity contribution in [1.29, 1.82) is 0 Å². The summed E-state index contributed by atoms with van der Waals surface area (Å²) in [6, 6.07) is 3.70. The minimum atomic E-state index is -0.355. The molecule has 0 saturated heterocycles. The molecule has 0 unspecified atom stereocenters. The molecular weight excluding hydrogens is 670 g/mol. The Bertz CT molecular complexity index is 2240. The highest BCUT2D eigenvalue weighted by Gasteiger charge is 2.11. The van der Waals surface area contributed by atoms with Crippen LogP contribution in [0.25, 0.3) is 22.3 Å². The summed E-state index contributed by atoms with van der Waals surface area (Å²) in [5, 5.41) is 0. The normalized spacial score (nSPS) is 10.3. The molecule has 6 aromatic rings. The quantitative estimate of drug-likeness (QED) is 0.174. The number of H-pyrrole nitrogens is 2. The summed E-state index contributed by atoms with van der Waals surface area (Å²) in [5.74, 6) is 0.821. The first-order valence-corrected chi connectivity index (χ1v) is 15.3. The number of fused-ring (bicyclic) bond motifs is 2. The number of nitrogens with zero attached hydrogens (tertiary/aromatic N) is 10. The fourth-order valence-electron chi connectivity index (χ4n) is 4.22. The highest BCUT2D eigenvalue weighted by atomic mass is 16.2. The molecule has 8 N–H and O–H groups in total. The second-order valence-corrected chi connectivity index (χ2v) is 11.8. The standard InChI is InChI=1S/C8H11N5O.C8H11N5.C7H11N3O.C7H10N2O2.3CH4/c1-4(2)13-3-10-5-6(13)11-8(9)12-7(5)14;1-5(2)13-4-12-6-7(9)10-3-11-8(6)13;1-5(2)10-4-3-6(8)9-7(10)11;1-5(2)9-4-3-6(10)8-7(9)11;;;/h3-4H,1-2H3,(H3,9,11,12,14);3-5H,1-2H3,(H2,9,10,11);3-5H,1-2H3,(H2,8,9,11);3-5H,1-2H3,(H,8,10,11);3*1H4. The molecule has 19 heteroatoms. The molecule has 0 aliphatic carbocycles. The maximum absolute atomic E-state index is 11.4. The number of rotatable bonds is 4. The number of anilines is 3. The highest BCUT2D eigenvalue weighted by Crippen LogP contribution is 2.17. The lowest BCUT2D eigenvalue weighted by atomic mass is 10.4. The summed E-state index contributed by atoms with van der Waals surface area (Å²) in [5.41, 5.74) is 17.4. The van der Waals surface area contributed by atoms with Crippen molar-refractivity contribution in [2.24, 2.45) is 0 Å². The van der Waals surface area contributed by atoms with Crippen molar-refractivity contribution < 1.29 is 0 Å². The van der Waals surface area contributed by atoms with Gasteiger partial charge in [-0.1, -0.05) is 22.3 Å². The molecule has 0 aromatic carbocycles. The van der Waals surface area contributed by atoms with E-state index < -0.39 is 0 Å². The lowest BCUT2D eigenvalue weighted by Crippen LogP contribution is -2.29. The van der Waals surface area contributed by atoms with E-state index in [-0.39, 0.29) is 74.7 Å². The molecule has 286 valence electrons. The molecule has 6 heterocycles. The lowest BCUT2D eigenvalue weighted by molar-refractivity contribution is 0.561. The van der Waals surface area contributed by atoms with Gasteiger partial charge in [-0.15, -0.1) is 0 Å². The van der Waals surface area contributed by atoms with Gasteiger partial charge in [-0.05, 0) is 61.5 Å². The Hall–Kier alpha value is -6.14. The molecule has 0 atom stereocenters. The molecule has 52 heavy (non-hydrogen) atoms. The Morgan fingerprint density at radius 1 is 0.596 bits per heavy atom. The van der Waals surface area contributed by atoms with Crippen LogP contribution in [-0.2, 0) is 0 Å². The van der Waals surface area contributed by atoms with Gasteiger partial charge >= 0.3 is 11.4 Å². The maximum atomic E-state index is 11.4. The smallest absolute Gasteiger partial charge is 0.349 e. The van der Waals surface area contributed by atoms with E-state index in [0.717, 1.165) is 5.65 Å². The van der Waals surface area contributed by atoms with E-state index >= 15 is 0 Å². The predicted octanol–water partition coefficient (Wildman–Crippen LogP) is 3.70. The van der Waals surface area contributed by atoms with Crippen LogP contribution in [0.4, 0.5) is 17.6 Å². The Kier molecular flexibility index (Phi) is 17.5. The highest BCUT2D eigenvalue weighted by molar-refractivity contribution is 5.81. The van der Waals surface area contributed by atoms with E-state index in [4.69, 9.17) is 17.2 Å². The van der Waals surface area contributed by atoms with Crippen molar-refractivity contribution in [2.75, 3.05) is 17.2 Å². The van der Waals surface area contributed by atoms with Gasteiger partial charge in [-0.25, -0.2) is 29.5 Å². The van der Waals surface area contributed by atoms with E-state index in [1.807, 2.05) is 46.1 Å². The summed E-state index contributed by atoms with van der Waals surface area (Å²) in [7, 11) is 0. The largest absolute Gasteiger partial charge is 0.383 e. The van der Waals surface area contributed by atoms with E-state index in [2.05, 4.69) is 53.7 Å². The van der Waals surface area contributed by atoms with Crippen LogP contribution in [0, 0.1) is 0 Å². The summed E-state index contributed by atoms with van der Waals surface area (Å²) < 4.78 is 6.76. The minimum Gasteiger partial charge on any atom is -0.383 e. The number of aromatic nitrogens is 12. The lowest BCUT2D eigenvalue weighted by Gasteiger charge is -2.07. The number of hydrogen-bond acceptors (Lipinski definition) is 13. The Balaban J connectivity index is 0.000000658. The minimum absolute atomic E-state index is 0. The molecule has 0 aliphatic rings. The predicted molar refractivity (Wildman–Crippen MR) is 208 cm³/mol. The van der Waals surface area contributed by atoms with Gasteiger partial charge in [0, 0.05) is 42.6 Å². The molecular formula is C33H55N15O4. The summed E-state index contributed by atoms with van der Waals surface area (Å²) >= 11 is 0. The zero-order valence-electron chi connectivity index (χ0n) is 28.7. The van der Waals surface area contributed by atoms with Crippen molar-refractivity contribution in [1.82, 2.24) is 58.1 Å². The van der Waals surface area contributed by atoms with Gasteiger partial charge < -0.3 is 26.3 Å². The first-order chi connectivity index (χ1) is 23.0. The second kappa shape index (κ2) is 19.9. The molecule has 6 rings (SSSR count). The van der Waals surface area contributed by atoms with Crippen LogP contribution >= 0.6 is 0 Å². The van der Waals surface area contributed by atoms with Gasteiger partial charge in [0.1, 0.15) is 17.7 Å². The van der Waals surface area contributed by atoms with Crippen molar-refractivity contribution in [3.8, 4) is 0 Å². The number of nitrogens with one attached hydrogen (secondary N) is 2. The average molecular weight is 726 g/mol. The molecule has 19 nitrogen and oxygen atoms in total. The third-order valence-corrected chi connectivity index (χ3v) is 6.77. The van der Waals surface area contributed by atoms with Crippen molar-refractivity contribution in [3.05, 3.63) is 85.2 Å². The monoisotopic (exact) mass is 725 g/mol. The van der Waals surface area contributed by atoms with Gasteiger partial charge in [0.05, 0.1) is 12.7 Å². The van der Waals surface area contributed by atoms with E-state index in [1.165, 1.54) is 27.7 Å². The van der Waals surface area contributed by atoms with Crippen LogP contribution in [-0.4, -0.2) is 58.1 Å². The third-order valence-electron chi connectivity index (χ3n) is 6.77. The van der Waals surface area contributed by atoms with Crippen LogP contribution in [0.3, 0.4) is 0 Å².